The fourth-order valence-electron chi connectivity index (χ4n) is 3.96. The predicted molar refractivity (Wildman–Crippen MR) is 130 cm³/mol. The van der Waals surface area contributed by atoms with E-state index in [-0.39, 0.29) is 16.4 Å². The molecule has 0 aromatic heterocycles. The molecule has 4 rings (SSSR count). The molecule has 7 heteroatoms. The Morgan fingerprint density at radius 3 is 2.33 bits per heavy atom. The third-order valence-electron chi connectivity index (χ3n) is 5.55. The van der Waals surface area contributed by atoms with E-state index in [1.807, 2.05) is 38.1 Å². The summed E-state index contributed by atoms with van der Waals surface area (Å²) in [6.45, 7) is 4.29. The van der Waals surface area contributed by atoms with E-state index in [0.29, 0.717) is 28.6 Å². The highest BCUT2D eigenvalue weighted by atomic mass is 35.5. The summed E-state index contributed by atoms with van der Waals surface area (Å²) in [6.07, 6.45) is 0. The standard InChI is InChI=1S/C26H21Cl2NO4/c1-3-33-18-11-9-17(10-12-18)29-23(19-7-5-4-6-15(19)2)22(25(31)26(29)32)24(30)16-8-13-20(27)21(28)14-16/h4-14,23,30H,3H2,1-2H3/b24-22+. The van der Waals surface area contributed by atoms with E-state index in [1.165, 1.54) is 17.0 Å². The van der Waals surface area contributed by atoms with Gasteiger partial charge in [-0.3, -0.25) is 14.5 Å². The first kappa shape index (κ1) is 22.9. The first-order valence-electron chi connectivity index (χ1n) is 10.4. The zero-order chi connectivity index (χ0) is 23.7. The SMILES string of the molecule is CCOc1ccc(N2C(=O)C(=O)/C(=C(/O)c3ccc(Cl)c(Cl)c3)C2c2ccccc2C)cc1. The Kier molecular flexibility index (Phi) is 6.45. The first-order valence-corrected chi connectivity index (χ1v) is 11.1. The summed E-state index contributed by atoms with van der Waals surface area (Å²) in [5, 5.41) is 11.7. The molecule has 1 aliphatic rings. The minimum absolute atomic E-state index is 0.0124. The van der Waals surface area contributed by atoms with Crippen LogP contribution in [0, 0.1) is 6.92 Å². The summed E-state index contributed by atoms with van der Waals surface area (Å²) in [5.74, 6) is -1.16. The summed E-state index contributed by atoms with van der Waals surface area (Å²) in [5.41, 5.74) is 2.41. The molecule has 0 aliphatic carbocycles. The van der Waals surface area contributed by atoms with Gasteiger partial charge in [0.15, 0.2) is 0 Å². The Morgan fingerprint density at radius 1 is 1.00 bits per heavy atom. The Bertz CT molecular complexity index is 1270. The predicted octanol–water partition coefficient (Wildman–Crippen LogP) is 6.33. The van der Waals surface area contributed by atoms with Crippen LogP contribution in [-0.2, 0) is 9.59 Å². The van der Waals surface area contributed by atoms with Crippen molar-refractivity contribution in [2.24, 2.45) is 0 Å². The Morgan fingerprint density at radius 2 is 1.70 bits per heavy atom. The molecule has 5 nitrogen and oxygen atoms in total. The van der Waals surface area contributed by atoms with Crippen LogP contribution >= 0.6 is 23.2 Å². The number of nitrogens with zero attached hydrogens (tertiary/aromatic N) is 1. The van der Waals surface area contributed by atoms with Gasteiger partial charge in [-0.15, -0.1) is 0 Å². The van der Waals surface area contributed by atoms with Crippen LogP contribution in [0.25, 0.3) is 5.76 Å². The Labute approximate surface area is 201 Å². The van der Waals surface area contributed by atoms with Crippen LogP contribution in [0.2, 0.25) is 10.0 Å². The average molecular weight is 482 g/mol. The molecule has 1 aliphatic heterocycles. The average Bonchev–Trinajstić information content (AvgIpc) is 3.06. The number of Topliss-reactive ketones (excluding diaryl/α,β-unsaturated/α-hetero) is 1. The molecule has 1 atom stereocenters. The fraction of sp³-hybridized carbons (Fsp3) is 0.154. The van der Waals surface area contributed by atoms with E-state index >= 15 is 0 Å². The monoisotopic (exact) mass is 481 g/mol. The number of carbonyl (C=O) groups is 2. The van der Waals surface area contributed by atoms with Gasteiger partial charge in [0, 0.05) is 11.3 Å². The van der Waals surface area contributed by atoms with Gasteiger partial charge in [-0.2, -0.15) is 0 Å². The molecule has 1 N–H and O–H groups in total. The number of aliphatic hydroxyl groups excluding tert-OH is 1. The maximum Gasteiger partial charge on any atom is 0.300 e. The summed E-state index contributed by atoms with van der Waals surface area (Å²) < 4.78 is 5.50. The highest BCUT2D eigenvalue weighted by Gasteiger charge is 2.47. The summed E-state index contributed by atoms with van der Waals surface area (Å²) >= 11 is 12.1. The van der Waals surface area contributed by atoms with Crippen molar-refractivity contribution in [1.29, 1.82) is 0 Å². The molecule has 3 aromatic rings. The molecule has 1 amide bonds. The lowest BCUT2D eigenvalue weighted by molar-refractivity contribution is -0.132. The van der Waals surface area contributed by atoms with Gasteiger partial charge >= 0.3 is 0 Å². The summed E-state index contributed by atoms with van der Waals surface area (Å²) in [4.78, 5) is 27.9. The molecule has 1 fully saturated rings. The lowest BCUT2D eigenvalue weighted by atomic mass is 9.92. The molecule has 1 unspecified atom stereocenters. The van der Waals surface area contributed by atoms with Crippen molar-refractivity contribution in [3.05, 3.63) is 99.0 Å². The van der Waals surface area contributed by atoms with E-state index in [2.05, 4.69) is 0 Å². The molecule has 33 heavy (non-hydrogen) atoms. The van der Waals surface area contributed by atoms with Crippen LogP contribution in [0.15, 0.2) is 72.3 Å². The number of ketones is 1. The van der Waals surface area contributed by atoms with E-state index in [4.69, 9.17) is 27.9 Å². The maximum atomic E-state index is 13.2. The van der Waals surface area contributed by atoms with Gasteiger partial charge < -0.3 is 9.84 Å². The van der Waals surface area contributed by atoms with Crippen molar-refractivity contribution in [2.45, 2.75) is 19.9 Å². The van der Waals surface area contributed by atoms with Crippen LogP contribution < -0.4 is 9.64 Å². The lowest BCUT2D eigenvalue weighted by Gasteiger charge is -2.26. The van der Waals surface area contributed by atoms with Gasteiger partial charge in [-0.05, 0) is 67.4 Å². The first-order chi connectivity index (χ1) is 15.8. The molecule has 0 radical (unpaired) electrons. The number of hydrogen-bond donors (Lipinski definition) is 1. The van der Waals surface area contributed by atoms with E-state index in [0.717, 1.165) is 11.1 Å². The molecular weight excluding hydrogens is 461 g/mol. The molecule has 1 saturated heterocycles. The second-order valence-electron chi connectivity index (χ2n) is 7.58. The number of rotatable bonds is 5. The van der Waals surface area contributed by atoms with Crippen LogP contribution in [0.1, 0.15) is 29.7 Å². The zero-order valence-electron chi connectivity index (χ0n) is 18.0. The second kappa shape index (κ2) is 9.30. The number of aryl methyl sites for hydroxylation is 1. The van der Waals surface area contributed by atoms with Crippen LogP contribution in [0.5, 0.6) is 5.75 Å². The molecule has 0 bridgehead atoms. The number of amides is 1. The smallest absolute Gasteiger partial charge is 0.300 e. The van der Waals surface area contributed by atoms with Crippen LogP contribution in [-0.4, -0.2) is 23.4 Å². The third kappa shape index (κ3) is 4.22. The van der Waals surface area contributed by atoms with Crippen molar-refractivity contribution in [3.63, 3.8) is 0 Å². The third-order valence-corrected chi connectivity index (χ3v) is 6.29. The number of hydrogen-bond acceptors (Lipinski definition) is 4. The van der Waals surface area contributed by atoms with Crippen molar-refractivity contribution in [1.82, 2.24) is 0 Å². The molecule has 0 saturated carbocycles. The number of halogens is 2. The van der Waals surface area contributed by atoms with Crippen molar-refractivity contribution in [3.8, 4) is 5.75 Å². The molecular formula is C26H21Cl2NO4. The number of ether oxygens (including phenoxy) is 1. The second-order valence-corrected chi connectivity index (χ2v) is 8.40. The van der Waals surface area contributed by atoms with Gasteiger partial charge in [-0.1, -0.05) is 47.5 Å². The van der Waals surface area contributed by atoms with Crippen molar-refractivity contribution < 1.29 is 19.4 Å². The zero-order valence-corrected chi connectivity index (χ0v) is 19.5. The number of anilines is 1. The summed E-state index contributed by atoms with van der Waals surface area (Å²) in [7, 11) is 0. The number of aliphatic hydroxyl groups is 1. The fourth-order valence-corrected chi connectivity index (χ4v) is 4.25. The van der Waals surface area contributed by atoms with Crippen LogP contribution in [0.3, 0.4) is 0 Å². The highest BCUT2D eigenvalue weighted by molar-refractivity contribution is 6.51. The quantitative estimate of drug-likeness (QED) is 0.262. The number of carbonyl (C=O) groups excluding carboxylic acids is 2. The topological polar surface area (TPSA) is 66.8 Å². The molecule has 1 heterocycles. The molecule has 0 spiro atoms. The van der Waals surface area contributed by atoms with E-state index in [9.17, 15) is 14.7 Å². The summed E-state index contributed by atoms with van der Waals surface area (Å²) in [6, 6.07) is 18.1. The Hall–Kier alpha value is -3.28. The van der Waals surface area contributed by atoms with Crippen LogP contribution in [0.4, 0.5) is 5.69 Å². The number of benzene rings is 3. The van der Waals surface area contributed by atoms with Crippen molar-refractivity contribution >= 4 is 46.3 Å². The Balaban J connectivity index is 1.92. The molecule has 3 aromatic carbocycles. The molecule has 168 valence electrons. The van der Waals surface area contributed by atoms with Gasteiger partial charge in [0.1, 0.15) is 11.5 Å². The van der Waals surface area contributed by atoms with Gasteiger partial charge in [0.2, 0.25) is 0 Å². The minimum atomic E-state index is -0.821. The van der Waals surface area contributed by atoms with Crippen molar-refractivity contribution in [2.75, 3.05) is 11.5 Å². The van der Waals surface area contributed by atoms with E-state index in [1.54, 1.807) is 30.3 Å². The maximum absolute atomic E-state index is 13.2. The normalized spacial score (nSPS) is 17.5. The van der Waals surface area contributed by atoms with Gasteiger partial charge in [-0.25, -0.2) is 0 Å². The van der Waals surface area contributed by atoms with Gasteiger partial charge in [0.05, 0.1) is 28.3 Å². The highest BCUT2D eigenvalue weighted by Crippen LogP contribution is 2.43. The lowest BCUT2D eigenvalue weighted by Crippen LogP contribution is -2.29. The van der Waals surface area contributed by atoms with Gasteiger partial charge in [0.25, 0.3) is 11.7 Å². The van der Waals surface area contributed by atoms with E-state index < -0.39 is 17.7 Å². The largest absolute Gasteiger partial charge is 0.507 e. The minimum Gasteiger partial charge on any atom is -0.507 e.